The van der Waals surface area contributed by atoms with E-state index in [1.807, 2.05) is 6.92 Å². The standard InChI is InChI=1S/C22H24N4O5/c1-4-31-17-11-7-15(8-12-17)22(2)20(29)26(21(30)25-22)13-18(27)24-16-9-5-14(6-10-16)19(28)23-3/h5-12H,4,13H2,1-3H3,(H,23,28)(H,24,27)(H,25,30). The summed E-state index contributed by atoms with van der Waals surface area (Å²) in [5.74, 6) is -0.644. The average Bonchev–Trinajstić information content (AvgIpc) is 2.98. The third kappa shape index (κ3) is 4.50. The van der Waals surface area contributed by atoms with Crippen molar-refractivity contribution >= 4 is 29.4 Å². The second kappa shape index (κ2) is 8.86. The summed E-state index contributed by atoms with van der Waals surface area (Å²) in [6.07, 6.45) is 0. The number of hydrogen-bond donors (Lipinski definition) is 3. The summed E-state index contributed by atoms with van der Waals surface area (Å²) in [5, 5.41) is 7.80. The highest BCUT2D eigenvalue weighted by Crippen LogP contribution is 2.30. The largest absolute Gasteiger partial charge is 0.494 e. The number of imide groups is 1. The van der Waals surface area contributed by atoms with Crippen molar-refractivity contribution in [3.8, 4) is 5.75 Å². The number of rotatable bonds is 7. The van der Waals surface area contributed by atoms with Crippen molar-refractivity contribution in [2.75, 3.05) is 25.5 Å². The molecule has 3 rings (SSSR count). The van der Waals surface area contributed by atoms with Crippen molar-refractivity contribution in [2.24, 2.45) is 0 Å². The Balaban J connectivity index is 1.67. The van der Waals surface area contributed by atoms with Gasteiger partial charge in [-0.05, 0) is 55.8 Å². The summed E-state index contributed by atoms with van der Waals surface area (Å²) in [7, 11) is 1.53. The second-order valence-corrected chi connectivity index (χ2v) is 7.11. The Morgan fingerprint density at radius 3 is 2.29 bits per heavy atom. The van der Waals surface area contributed by atoms with Crippen LogP contribution in [-0.2, 0) is 15.1 Å². The van der Waals surface area contributed by atoms with Crippen LogP contribution in [-0.4, -0.2) is 48.9 Å². The smallest absolute Gasteiger partial charge is 0.325 e. The Morgan fingerprint density at radius 1 is 1.06 bits per heavy atom. The van der Waals surface area contributed by atoms with E-state index in [-0.39, 0.29) is 5.91 Å². The monoisotopic (exact) mass is 424 g/mol. The highest BCUT2D eigenvalue weighted by molar-refractivity contribution is 6.10. The van der Waals surface area contributed by atoms with Crippen molar-refractivity contribution in [3.63, 3.8) is 0 Å². The number of benzene rings is 2. The number of hydrogen-bond acceptors (Lipinski definition) is 5. The number of ether oxygens (including phenoxy) is 1. The third-order valence-corrected chi connectivity index (χ3v) is 4.98. The zero-order valence-corrected chi connectivity index (χ0v) is 17.5. The maximum absolute atomic E-state index is 13.0. The molecule has 0 aromatic heterocycles. The van der Waals surface area contributed by atoms with E-state index in [1.165, 1.54) is 7.05 Å². The molecule has 3 N–H and O–H groups in total. The minimum atomic E-state index is -1.28. The summed E-state index contributed by atoms with van der Waals surface area (Å²) >= 11 is 0. The first-order chi connectivity index (χ1) is 14.8. The predicted molar refractivity (Wildman–Crippen MR) is 114 cm³/mol. The Hall–Kier alpha value is -3.88. The number of nitrogens with one attached hydrogen (secondary N) is 3. The van der Waals surface area contributed by atoms with Gasteiger partial charge in [-0.25, -0.2) is 4.79 Å². The number of nitrogens with zero attached hydrogens (tertiary/aromatic N) is 1. The molecule has 9 heteroatoms. The molecule has 9 nitrogen and oxygen atoms in total. The molecule has 0 bridgehead atoms. The van der Waals surface area contributed by atoms with Crippen LogP contribution in [0.4, 0.5) is 10.5 Å². The number of carbonyl (C=O) groups is 4. The van der Waals surface area contributed by atoms with Crippen LogP contribution >= 0.6 is 0 Å². The van der Waals surface area contributed by atoms with E-state index >= 15 is 0 Å². The molecule has 1 saturated heterocycles. The summed E-state index contributed by atoms with van der Waals surface area (Å²) in [6, 6.07) is 12.5. The summed E-state index contributed by atoms with van der Waals surface area (Å²) in [5.41, 5.74) is 0.193. The van der Waals surface area contributed by atoms with Crippen molar-refractivity contribution in [2.45, 2.75) is 19.4 Å². The molecule has 162 valence electrons. The van der Waals surface area contributed by atoms with Gasteiger partial charge in [0.25, 0.3) is 11.8 Å². The lowest BCUT2D eigenvalue weighted by molar-refractivity contribution is -0.133. The van der Waals surface area contributed by atoms with E-state index in [9.17, 15) is 19.2 Å². The summed E-state index contributed by atoms with van der Waals surface area (Å²) in [4.78, 5) is 50.3. The molecule has 0 spiro atoms. The van der Waals surface area contributed by atoms with Crippen LogP contribution in [0.2, 0.25) is 0 Å². The molecule has 31 heavy (non-hydrogen) atoms. The summed E-state index contributed by atoms with van der Waals surface area (Å²) < 4.78 is 5.40. The fraction of sp³-hybridized carbons (Fsp3) is 0.273. The lowest BCUT2D eigenvalue weighted by Crippen LogP contribution is -2.42. The van der Waals surface area contributed by atoms with Gasteiger partial charge in [0.2, 0.25) is 5.91 Å². The fourth-order valence-electron chi connectivity index (χ4n) is 3.28. The Bertz CT molecular complexity index is 1000. The first-order valence-electron chi connectivity index (χ1n) is 9.78. The molecule has 2 aromatic rings. The maximum atomic E-state index is 13.0. The Labute approximate surface area is 179 Å². The van der Waals surface area contributed by atoms with Crippen molar-refractivity contribution in [1.29, 1.82) is 0 Å². The topological polar surface area (TPSA) is 117 Å². The predicted octanol–water partition coefficient (Wildman–Crippen LogP) is 1.85. The molecule has 0 radical (unpaired) electrons. The lowest BCUT2D eigenvalue weighted by atomic mass is 9.92. The van der Waals surface area contributed by atoms with Gasteiger partial charge in [0.05, 0.1) is 6.61 Å². The van der Waals surface area contributed by atoms with Crippen molar-refractivity contribution in [3.05, 3.63) is 59.7 Å². The lowest BCUT2D eigenvalue weighted by Gasteiger charge is -2.22. The second-order valence-electron chi connectivity index (χ2n) is 7.11. The fourth-order valence-corrected chi connectivity index (χ4v) is 3.28. The van der Waals surface area contributed by atoms with E-state index in [2.05, 4.69) is 16.0 Å². The number of urea groups is 1. The van der Waals surface area contributed by atoms with E-state index in [4.69, 9.17) is 4.74 Å². The van der Waals surface area contributed by atoms with Gasteiger partial charge in [-0.2, -0.15) is 0 Å². The molecule has 5 amide bonds. The van der Waals surface area contributed by atoms with Crippen LogP contribution < -0.4 is 20.7 Å². The molecule has 1 aliphatic heterocycles. The molecule has 0 aliphatic carbocycles. The zero-order chi connectivity index (χ0) is 22.6. The highest BCUT2D eigenvalue weighted by atomic mass is 16.5. The highest BCUT2D eigenvalue weighted by Gasteiger charge is 2.49. The molecular weight excluding hydrogens is 400 g/mol. The van der Waals surface area contributed by atoms with Crippen LogP contribution in [0, 0.1) is 0 Å². The van der Waals surface area contributed by atoms with E-state index in [0.717, 1.165) is 4.90 Å². The number of amides is 5. The van der Waals surface area contributed by atoms with Crippen molar-refractivity contribution in [1.82, 2.24) is 15.5 Å². The normalized spacial score (nSPS) is 17.8. The average molecular weight is 424 g/mol. The zero-order valence-electron chi connectivity index (χ0n) is 17.5. The first kappa shape index (κ1) is 21.8. The third-order valence-electron chi connectivity index (χ3n) is 4.98. The Kier molecular flexibility index (Phi) is 6.24. The molecular formula is C22H24N4O5. The molecule has 2 aromatic carbocycles. The van der Waals surface area contributed by atoms with E-state index in [0.29, 0.717) is 29.2 Å². The molecule has 1 heterocycles. The van der Waals surface area contributed by atoms with Gasteiger partial charge in [-0.3, -0.25) is 19.3 Å². The SMILES string of the molecule is CCOc1ccc(C2(C)NC(=O)N(CC(=O)Nc3ccc(C(=O)NC)cc3)C2=O)cc1. The number of anilines is 1. The van der Waals surface area contributed by atoms with Gasteiger partial charge in [0.1, 0.15) is 17.8 Å². The van der Waals surface area contributed by atoms with E-state index in [1.54, 1.807) is 55.5 Å². The molecule has 0 saturated carbocycles. The van der Waals surface area contributed by atoms with Gasteiger partial charge in [-0.15, -0.1) is 0 Å². The van der Waals surface area contributed by atoms with Crippen molar-refractivity contribution < 1.29 is 23.9 Å². The molecule has 1 unspecified atom stereocenters. The quantitative estimate of drug-likeness (QED) is 0.587. The van der Waals surface area contributed by atoms with Gasteiger partial charge in [0, 0.05) is 18.3 Å². The Morgan fingerprint density at radius 2 is 1.71 bits per heavy atom. The van der Waals surface area contributed by atoms with Crippen LogP contribution in [0.3, 0.4) is 0 Å². The van der Waals surface area contributed by atoms with Gasteiger partial charge < -0.3 is 20.7 Å². The van der Waals surface area contributed by atoms with Crippen LogP contribution in [0.25, 0.3) is 0 Å². The molecule has 1 fully saturated rings. The van der Waals surface area contributed by atoms with Crippen LogP contribution in [0.5, 0.6) is 5.75 Å². The van der Waals surface area contributed by atoms with Gasteiger partial charge in [0.15, 0.2) is 0 Å². The van der Waals surface area contributed by atoms with E-state index < -0.39 is 29.9 Å². The van der Waals surface area contributed by atoms with Gasteiger partial charge >= 0.3 is 6.03 Å². The maximum Gasteiger partial charge on any atom is 0.325 e. The first-order valence-corrected chi connectivity index (χ1v) is 9.78. The molecule has 1 atom stereocenters. The minimum absolute atomic E-state index is 0.245. The van der Waals surface area contributed by atoms with Gasteiger partial charge in [-0.1, -0.05) is 12.1 Å². The van der Waals surface area contributed by atoms with Crippen LogP contribution in [0.15, 0.2) is 48.5 Å². The number of carbonyl (C=O) groups excluding carboxylic acids is 4. The molecule has 1 aliphatic rings. The van der Waals surface area contributed by atoms with Crippen LogP contribution in [0.1, 0.15) is 29.8 Å². The minimum Gasteiger partial charge on any atom is -0.494 e. The summed E-state index contributed by atoms with van der Waals surface area (Å²) in [6.45, 7) is 3.55.